The van der Waals surface area contributed by atoms with Gasteiger partial charge in [-0.05, 0) is 12.0 Å². The highest BCUT2D eigenvalue weighted by molar-refractivity contribution is 7.89. The molecule has 1 aromatic heterocycles. The zero-order valence-corrected chi connectivity index (χ0v) is 11.9. The largest absolute Gasteiger partial charge is 0.388 e. The molecule has 6 nitrogen and oxygen atoms in total. The Hall–Kier alpha value is -1.70. The lowest BCUT2D eigenvalue weighted by Gasteiger charge is -2.11. The molecule has 108 valence electrons. The summed E-state index contributed by atoms with van der Waals surface area (Å²) < 4.78 is 27.8. The van der Waals surface area contributed by atoms with E-state index in [1.165, 1.54) is 12.5 Å². The number of nitrogens with zero attached hydrogens (tertiary/aromatic N) is 2. The molecule has 2 N–H and O–H groups in total. The molecular weight excluding hydrogens is 278 g/mol. The lowest BCUT2D eigenvalue weighted by Crippen LogP contribution is -2.26. The van der Waals surface area contributed by atoms with Gasteiger partial charge in [-0.1, -0.05) is 30.3 Å². The number of aryl methyl sites for hydroxylation is 1. The second-order valence-corrected chi connectivity index (χ2v) is 6.20. The second-order valence-electron chi connectivity index (χ2n) is 4.49. The number of rotatable bonds is 6. The van der Waals surface area contributed by atoms with Gasteiger partial charge in [-0.15, -0.1) is 0 Å². The van der Waals surface area contributed by atoms with Gasteiger partial charge in [0, 0.05) is 19.8 Å². The summed E-state index contributed by atoms with van der Waals surface area (Å²) >= 11 is 0. The van der Waals surface area contributed by atoms with E-state index in [1.54, 1.807) is 23.7 Å². The van der Waals surface area contributed by atoms with Crippen molar-refractivity contribution in [1.82, 2.24) is 14.3 Å². The summed E-state index contributed by atoms with van der Waals surface area (Å²) in [5.74, 6) is 0. The zero-order valence-electron chi connectivity index (χ0n) is 11.1. The van der Waals surface area contributed by atoms with E-state index in [9.17, 15) is 13.5 Å². The molecule has 1 unspecified atom stereocenters. The summed E-state index contributed by atoms with van der Waals surface area (Å²) in [6, 6.07) is 9.13. The Bertz CT molecular complexity index is 653. The third-order valence-corrected chi connectivity index (χ3v) is 4.20. The highest BCUT2D eigenvalue weighted by Gasteiger charge is 2.17. The predicted molar refractivity (Wildman–Crippen MR) is 74.4 cm³/mol. The van der Waals surface area contributed by atoms with Crippen molar-refractivity contribution >= 4 is 10.0 Å². The summed E-state index contributed by atoms with van der Waals surface area (Å²) in [7, 11) is -1.91. The molecule has 1 aromatic carbocycles. The van der Waals surface area contributed by atoms with E-state index in [2.05, 4.69) is 9.71 Å². The minimum Gasteiger partial charge on any atom is -0.388 e. The topological polar surface area (TPSA) is 84.2 Å². The average molecular weight is 295 g/mol. The van der Waals surface area contributed by atoms with E-state index >= 15 is 0 Å². The number of aliphatic hydroxyl groups excluding tert-OH is 1. The Kier molecular flexibility index (Phi) is 4.53. The normalized spacial score (nSPS) is 13.3. The molecule has 0 bridgehead atoms. The van der Waals surface area contributed by atoms with Gasteiger partial charge in [0.25, 0.3) is 10.0 Å². The van der Waals surface area contributed by atoms with Crippen LogP contribution in [-0.4, -0.2) is 29.6 Å². The van der Waals surface area contributed by atoms with Gasteiger partial charge in [-0.25, -0.2) is 18.1 Å². The highest BCUT2D eigenvalue weighted by Crippen LogP contribution is 2.15. The maximum atomic E-state index is 11.9. The molecule has 0 radical (unpaired) electrons. The van der Waals surface area contributed by atoms with Crippen LogP contribution in [0.25, 0.3) is 0 Å². The van der Waals surface area contributed by atoms with Crippen molar-refractivity contribution in [3.05, 3.63) is 48.4 Å². The molecular formula is C13H17N3O3S. The standard InChI is InChI=1S/C13H17N3O3S/c1-16-9-13(14-10-16)20(18,19)15-8-7-12(17)11-5-3-2-4-6-11/h2-6,9-10,12,15,17H,7-8H2,1H3. The van der Waals surface area contributed by atoms with Crippen LogP contribution >= 0.6 is 0 Å². The van der Waals surface area contributed by atoms with Crippen LogP contribution in [0.4, 0.5) is 0 Å². The third-order valence-electron chi connectivity index (χ3n) is 2.85. The van der Waals surface area contributed by atoms with Crippen molar-refractivity contribution in [3.8, 4) is 0 Å². The van der Waals surface area contributed by atoms with Crippen molar-refractivity contribution < 1.29 is 13.5 Å². The summed E-state index contributed by atoms with van der Waals surface area (Å²) in [5.41, 5.74) is 0.768. The molecule has 1 heterocycles. The Morgan fingerprint density at radius 2 is 2.05 bits per heavy atom. The summed E-state index contributed by atoms with van der Waals surface area (Å²) in [6.07, 6.45) is 2.46. The van der Waals surface area contributed by atoms with Gasteiger partial charge in [-0.2, -0.15) is 0 Å². The molecule has 0 aliphatic heterocycles. The molecule has 20 heavy (non-hydrogen) atoms. The van der Waals surface area contributed by atoms with Crippen LogP contribution in [0, 0.1) is 0 Å². The van der Waals surface area contributed by atoms with Crippen molar-refractivity contribution in [2.75, 3.05) is 6.54 Å². The number of aliphatic hydroxyl groups is 1. The minimum absolute atomic E-state index is 0.0193. The average Bonchev–Trinajstić information content (AvgIpc) is 2.87. The number of hydrogen-bond acceptors (Lipinski definition) is 4. The van der Waals surface area contributed by atoms with Gasteiger partial charge in [0.1, 0.15) is 0 Å². The van der Waals surface area contributed by atoms with Gasteiger partial charge >= 0.3 is 0 Å². The monoisotopic (exact) mass is 295 g/mol. The number of nitrogens with one attached hydrogen (secondary N) is 1. The van der Waals surface area contributed by atoms with Crippen molar-refractivity contribution in [1.29, 1.82) is 0 Å². The predicted octanol–water partition coefficient (Wildman–Crippen LogP) is 0.822. The van der Waals surface area contributed by atoms with Crippen LogP contribution in [0.5, 0.6) is 0 Å². The number of imidazole rings is 1. The molecule has 0 aliphatic rings. The molecule has 0 saturated heterocycles. The van der Waals surface area contributed by atoms with E-state index in [0.29, 0.717) is 6.42 Å². The molecule has 2 rings (SSSR count). The maximum Gasteiger partial charge on any atom is 0.259 e. The first-order chi connectivity index (χ1) is 9.49. The highest BCUT2D eigenvalue weighted by atomic mass is 32.2. The van der Waals surface area contributed by atoms with Gasteiger partial charge in [0.05, 0.1) is 12.4 Å². The fraction of sp³-hybridized carbons (Fsp3) is 0.308. The minimum atomic E-state index is -3.61. The Labute approximate surface area is 118 Å². The van der Waals surface area contributed by atoms with Gasteiger partial charge < -0.3 is 9.67 Å². The van der Waals surface area contributed by atoms with Gasteiger partial charge in [-0.3, -0.25) is 0 Å². The zero-order chi connectivity index (χ0) is 14.6. The summed E-state index contributed by atoms with van der Waals surface area (Å²) in [4.78, 5) is 3.79. The van der Waals surface area contributed by atoms with Gasteiger partial charge in [0.2, 0.25) is 0 Å². The fourth-order valence-corrected chi connectivity index (χ4v) is 2.80. The quantitative estimate of drug-likeness (QED) is 0.826. The van der Waals surface area contributed by atoms with Crippen molar-refractivity contribution in [2.24, 2.45) is 7.05 Å². The molecule has 7 heteroatoms. The van der Waals surface area contributed by atoms with Crippen LogP contribution in [-0.2, 0) is 17.1 Å². The van der Waals surface area contributed by atoms with E-state index in [4.69, 9.17) is 0 Å². The van der Waals surface area contributed by atoms with E-state index in [1.807, 2.05) is 18.2 Å². The SMILES string of the molecule is Cn1cnc(S(=O)(=O)NCCC(O)c2ccccc2)c1. The first-order valence-electron chi connectivity index (χ1n) is 6.20. The molecule has 0 fully saturated rings. The first kappa shape index (κ1) is 14.7. The summed E-state index contributed by atoms with van der Waals surface area (Å²) in [5, 5.41) is 9.92. The Morgan fingerprint density at radius 1 is 1.35 bits per heavy atom. The van der Waals surface area contributed by atoms with Crippen LogP contribution in [0.3, 0.4) is 0 Å². The van der Waals surface area contributed by atoms with Crippen molar-refractivity contribution in [2.45, 2.75) is 17.6 Å². The smallest absolute Gasteiger partial charge is 0.259 e. The molecule has 2 aromatic rings. The van der Waals surface area contributed by atoms with Crippen LogP contribution < -0.4 is 4.72 Å². The second kappa shape index (κ2) is 6.17. The first-order valence-corrected chi connectivity index (χ1v) is 7.68. The number of aromatic nitrogens is 2. The van der Waals surface area contributed by atoms with Crippen LogP contribution in [0.1, 0.15) is 18.1 Å². The number of sulfonamides is 1. The van der Waals surface area contributed by atoms with Crippen LogP contribution in [0.15, 0.2) is 47.9 Å². The van der Waals surface area contributed by atoms with E-state index < -0.39 is 16.1 Å². The molecule has 0 amide bonds. The lowest BCUT2D eigenvalue weighted by atomic mass is 10.1. The molecule has 0 spiro atoms. The molecule has 0 aliphatic carbocycles. The summed E-state index contributed by atoms with van der Waals surface area (Å²) in [6.45, 7) is 0.148. The van der Waals surface area contributed by atoms with Crippen LogP contribution in [0.2, 0.25) is 0 Å². The van der Waals surface area contributed by atoms with E-state index in [0.717, 1.165) is 5.56 Å². The molecule has 1 atom stereocenters. The Morgan fingerprint density at radius 3 is 2.65 bits per heavy atom. The fourth-order valence-electron chi connectivity index (χ4n) is 1.77. The van der Waals surface area contributed by atoms with E-state index in [-0.39, 0.29) is 11.6 Å². The Balaban J connectivity index is 1.90. The third kappa shape index (κ3) is 3.66. The number of hydrogen-bond donors (Lipinski definition) is 2. The number of benzene rings is 1. The lowest BCUT2D eigenvalue weighted by molar-refractivity contribution is 0.169. The van der Waals surface area contributed by atoms with Gasteiger partial charge in [0.15, 0.2) is 5.03 Å². The van der Waals surface area contributed by atoms with Crippen molar-refractivity contribution in [3.63, 3.8) is 0 Å². The maximum absolute atomic E-state index is 11.9. The molecule has 0 saturated carbocycles.